The molecule has 1 aliphatic rings. The highest BCUT2D eigenvalue weighted by Gasteiger charge is 2.21. The first-order chi connectivity index (χ1) is 15.6. The van der Waals surface area contributed by atoms with Crippen molar-refractivity contribution in [3.05, 3.63) is 84.4 Å². The summed E-state index contributed by atoms with van der Waals surface area (Å²) in [7, 11) is 0. The summed E-state index contributed by atoms with van der Waals surface area (Å²) in [6, 6.07) is 24.3. The van der Waals surface area contributed by atoms with E-state index in [1.54, 1.807) is 24.3 Å². The Kier molecular flexibility index (Phi) is 6.55. The van der Waals surface area contributed by atoms with Crippen molar-refractivity contribution in [2.24, 2.45) is 0 Å². The van der Waals surface area contributed by atoms with Crippen LogP contribution in [-0.4, -0.2) is 43.1 Å². The zero-order valence-corrected chi connectivity index (χ0v) is 18.0. The van der Waals surface area contributed by atoms with E-state index in [2.05, 4.69) is 52.0 Å². The predicted octanol–water partition coefficient (Wildman–Crippen LogP) is 4.99. The van der Waals surface area contributed by atoms with E-state index in [-0.39, 0.29) is 12.1 Å². The van der Waals surface area contributed by atoms with Gasteiger partial charge in [0.05, 0.1) is 0 Å². The molecule has 3 aromatic rings. The third-order valence-corrected chi connectivity index (χ3v) is 5.34. The van der Waals surface area contributed by atoms with E-state index in [4.69, 9.17) is 0 Å². The molecule has 0 bridgehead atoms. The number of para-hydroxylation sites is 1. The maximum atomic E-state index is 12.7. The fourth-order valence-corrected chi connectivity index (χ4v) is 3.68. The highest BCUT2D eigenvalue weighted by Crippen LogP contribution is 2.19. The number of hydrogen-bond donors (Lipinski definition) is 3. The highest BCUT2D eigenvalue weighted by atomic mass is 16.2. The minimum Gasteiger partial charge on any atom is -0.368 e. The molecule has 7 heteroatoms. The van der Waals surface area contributed by atoms with Crippen LogP contribution in [0.25, 0.3) is 0 Å². The summed E-state index contributed by atoms with van der Waals surface area (Å²) in [6.07, 6.45) is 0. The summed E-state index contributed by atoms with van der Waals surface area (Å²) in [4.78, 5) is 29.1. The van der Waals surface area contributed by atoms with Gasteiger partial charge in [0, 0.05) is 48.9 Å². The van der Waals surface area contributed by atoms with Gasteiger partial charge in [-0.3, -0.25) is 0 Å². The first kappa shape index (κ1) is 21.2. The van der Waals surface area contributed by atoms with Crippen molar-refractivity contribution >= 4 is 34.8 Å². The van der Waals surface area contributed by atoms with E-state index >= 15 is 0 Å². The SMILES string of the molecule is Cc1cccc(N2CCN(C(=O)Nc3cccc(NC(=O)Nc4ccccc4)c3)CC2)c1. The van der Waals surface area contributed by atoms with Crippen LogP contribution in [-0.2, 0) is 0 Å². The lowest BCUT2D eigenvalue weighted by Crippen LogP contribution is -2.50. The van der Waals surface area contributed by atoms with Gasteiger partial charge in [0.2, 0.25) is 0 Å². The van der Waals surface area contributed by atoms with E-state index in [9.17, 15) is 9.59 Å². The van der Waals surface area contributed by atoms with E-state index in [1.165, 1.54) is 11.3 Å². The molecule has 7 nitrogen and oxygen atoms in total. The zero-order chi connectivity index (χ0) is 22.3. The topological polar surface area (TPSA) is 76.7 Å². The largest absolute Gasteiger partial charge is 0.368 e. The molecule has 0 radical (unpaired) electrons. The second kappa shape index (κ2) is 9.87. The van der Waals surface area contributed by atoms with Gasteiger partial charge in [-0.25, -0.2) is 9.59 Å². The van der Waals surface area contributed by atoms with Gasteiger partial charge in [-0.2, -0.15) is 0 Å². The molecule has 1 heterocycles. The van der Waals surface area contributed by atoms with Crippen LogP contribution in [0.2, 0.25) is 0 Å². The lowest BCUT2D eigenvalue weighted by molar-refractivity contribution is 0.208. The number of hydrogen-bond acceptors (Lipinski definition) is 3. The Bertz CT molecular complexity index is 1080. The van der Waals surface area contributed by atoms with Crippen molar-refractivity contribution in [2.75, 3.05) is 47.0 Å². The monoisotopic (exact) mass is 429 g/mol. The molecule has 1 aliphatic heterocycles. The summed E-state index contributed by atoms with van der Waals surface area (Å²) < 4.78 is 0. The van der Waals surface area contributed by atoms with Gasteiger partial charge in [0.1, 0.15) is 0 Å². The minimum absolute atomic E-state index is 0.139. The molecular weight excluding hydrogens is 402 g/mol. The van der Waals surface area contributed by atoms with Crippen molar-refractivity contribution in [3.63, 3.8) is 0 Å². The molecule has 164 valence electrons. The van der Waals surface area contributed by atoms with Crippen LogP contribution in [0.4, 0.5) is 32.3 Å². The Morgan fingerprint density at radius 3 is 2.03 bits per heavy atom. The number of benzene rings is 3. The van der Waals surface area contributed by atoms with Crippen molar-refractivity contribution in [1.82, 2.24) is 4.90 Å². The molecule has 4 amide bonds. The van der Waals surface area contributed by atoms with Crippen molar-refractivity contribution in [3.8, 4) is 0 Å². The van der Waals surface area contributed by atoms with Crippen LogP contribution in [0.15, 0.2) is 78.9 Å². The number of rotatable bonds is 4. The fourth-order valence-electron chi connectivity index (χ4n) is 3.68. The number of carbonyl (C=O) groups is 2. The van der Waals surface area contributed by atoms with Crippen LogP contribution in [0.1, 0.15) is 5.56 Å². The van der Waals surface area contributed by atoms with Gasteiger partial charge in [0.25, 0.3) is 0 Å². The molecule has 0 spiro atoms. The summed E-state index contributed by atoms with van der Waals surface area (Å²) in [5.74, 6) is 0. The lowest BCUT2D eigenvalue weighted by Gasteiger charge is -2.36. The van der Waals surface area contributed by atoms with Gasteiger partial charge < -0.3 is 25.8 Å². The molecule has 0 aromatic heterocycles. The quantitative estimate of drug-likeness (QED) is 0.547. The number of nitrogens with one attached hydrogen (secondary N) is 3. The molecule has 1 fully saturated rings. The number of piperazine rings is 1. The molecule has 0 saturated carbocycles. The maximum absolute atomic E-state index is 12.7. The predicted molar refractivity (Wildman–Crippen MR) is 130 cm³/mol. The zero-order valence-electron chi connectivity index (χ0n) is 18.0. The highest BCUT2D eigenvalue weighted by molar-refractivity contribution is 6.00. The van der Waals surface area contributed by atoms with Crippen molar-refractivity contribution < 1.29 is 9.59 Å². The Labute approximate surface area is 188 Å². The van der Waals surface area contributed by atoms with E-state index in [0.717, 1.165) is 13.1 Å². The first-order valence-electron chi connectivity index (χ1n) is 10.7. The number of aryl methyl sites for hydroxylation is 1. The Hall–Kier alpha value is -4.00. The van der Waals surface area contributed by atoms with Crippen LogP contribution in [0, 0.1) is 6.92 Å². The molecule has 3 aromatic carbocycles. The van der Waals surface area contributed by atoms with Gasteiger partial charge >= 0.3 is 12.1 Å². The van der Waals surface area contributed by atoms with Gasteiger partial charge in [-0.15, -0.1) is 0 Å². The third kappa shape index (κ3) is 5.57. The molecule has 1 saturated heterocycles. The van der Waals surface area contributed by atoms with E-state index in [0.29, 0.717) is 30.2 Å². The molecule has 3 N–H and O–H groups in total. The molecular formula is C25H27N5O2. The second-order valence-corrected chi connectivity index (χ2v) is 7.77. The molecule has 0 atom stereocenters. The van der Waals surface area contributed by atoms with Crippen LogP contribution in [0.5, 0.6) is 0 Å². The second-order valence-electron chi connectivity index (χ2n) is 7.77. The van der Waals surface area contributed by atoms with Gasteiger partial charge in [-0.1, -0.05) is 36.4 Å². The van der Waals surface area contributed by atoms with E-state index in [1.807, 2.05) is 35.2 Å². The molecule has 0 aliphatic carbocycles. The van der Waals surface area contributed by atoms with Crippen molar-refractivity contribution in [1.29, 1.82) is 0 Å². The van der Waals surface area contributed by atoms with Crippen LogP contribution >= 0.6 is 0 Å². The van der Waals surface area contributed by atoms with Gasteiger partial charge in [0.15, 0.2) is 0 Å². The van der Waals surface area contributed by atoms with Crippen molar-refractivity contribution in [2.45, 2.75) is 6.92 Å². The third-order valence-electron chi connectivity index (χ3n) is 5.34. The number of amides is 4. The van der Waals surface area contributed by atoms with Gasteiger partial charge in [-0.05, 0) is 55.0 Å². The average molecular weight is 430 g/mol. The lowest BCUT2D eigenvalue weighted by atomic mass is 10.2. The number of carbonyl (C=O) groups excluding carboxylic acids is 2. The maximum Gasteiger partial charge on any atom is 0.323 e. The van der Waals surface area contributed by atoms with E-state index < -0.39 is 0 Å². The summed E-state index contributed by atoms with van der Waals surface area (Å²) in [5, 5.41) is 8.50. The molecule has 0 unspecified atom stereocenters. The summed E-state index contributed by atoms with van der Waals surface area (Å²) >= 11 is 0. The standard InChI is InChI=1S/C25H27N5O2/c1-19-7-5-12-23(17-19)29-13-15-30(16-14-29)25(32)28-22-11-6-10-21(18-22)27-24(31)26-20-8-3-2-4-9-20/h2-12,17-18H,13-16H2,1H3,(H,28,32)(H2,26,27,31). The molecule has 4 rings (SSSR count). The normalized spacial score (nSPS) is 13.4. The molecule has 32 heavy (non-hydrogen) atoms. The summed E-state index contributed by atoms with van der Waals surface area (Å²) in [6.45, 7) is 4.96. The van der Waals surface area contributed by atoms with Crippen LogP contribution < -0.4 is 20.9 Å². The summed E-state index contributed by atoms with van der Waals surface area (Å²) in [5.41, 5.74) is 4.36. The number of urea groups is 2. The Morgan fingerprint density at radius 1 is 0.688 bits per heavy atom. The number of nitrogens with zero attached hydrogens (tertiary/aromatic N) is 2. The average Bonchev–Trinajstić information content (AvgIpc) is 2.80. The minimum atomic E-state index is -0.341. The van der Waals surface area contributed by atoms with Crippen LogP contribution in [0.3, 0.4) is 0 Å². The number of anilines is 4. The smallest absolute Gasteiger partial charge is 0.323 e. The Balaban J connectivity index is 1.29. The first-order valence-corrected chi connectivity index (χ1v) is 10.7. The Morgan fingerprint density at radius 2 is 1.31 bits per heavy atom. The fraction of sp³-hybridized carbons (Fsp3) is 0.200.